The molecule has 0 saturated carbocycles. The molecular weight excluding hydrogens is 243 g/mol. The van der Waals surface area contributed by atoms with E-state index >= 15 is 0 Å². The number of halogens is 1. The van der Waals surface area contributed by atoms with Gasteiger partial charge in [-0.3, -0.25) is 0 Å². The first-order valence-corrected chi connectivity index (χ1v) is 6.49. The highest BCUT2D eigenvalue weighted by atomic mass is 19.1. The Morgan fingerprint density at radius 1 is 1.53 bits per heavy atom. The zero-order valence-electron chi connectivity index (χ0n) is 11.6. The molecule has 3 nitrogen and oxygen atoms in total. The summed E-state index contributed by atoms with van der Waals surface area (Å²) < 4.78 is 18.7. The fraction of sp³-hybridized carbons (Fsp3) is 0.400. The summed E-state index contributed by atoms with van der Waals surface area (Å²) in [5.41, 5.74) is 4.64. The highest BCUT2D eigenvalue weighted by Crippen LogP contribution is 2.19. The predicted molar refractivity (Wildman–Crippen MR) is 77.2 cm³/mol. The summed E-state index contributed by atoms with van der Waals surface area (Å²) in [6, 6.07) is 4.73. The second kappa shape index (κ2) is 8.29. The van der Waals surface area contributed by atoms with Crippen molar-refractivity contribution in [3.05, 3.63) is 42.2 Å². The molecule has 0 aliphatic carbocycles. The molecule has 0 saturated heterocycles. The van der Waals surface area contributed by atoms with Crippen molar-refractivity contribution in [1.29, 1.82) is 0 Å². The first-order valence-electron chi connectivity index (χ1n) is 6.49. The molecule has 0 unspecified atom stereocenters. The van der Waals surface area contributed by atoms with E-state index in [0.717, 1.165) is 30.7 Å². The molecule has 0 amide bonds. The maximum atomic E-state index is 13.5. The molecule has 1 aromatic carbocycles. The van der Waals surface area contributed by atoms with Gasteiger partial charge in [0.2, 0.25) is 0 Å². The Bertz CT molecular complexity index is 444. The number of nitrogens with one attached hydrogen (secondary N) is 1. The van der Waals surface area contributed by atoms with E-state index in [1.54, 1.807) is 18.2 Å². The Kier molecular flexibility index (Phi) is 6.64. The van der Waals surface area contributed by atoms with Crippen LogP contribution in [0.1, 0.15) is 32.3 Å². The molecule has 104 valence electrons. The minimum absolute atomic E-state index is 0.223. The van der Waals surface area contributed by atoms with Crippen molar-refractivity contribution >= 4 is 5.71 Å². The van der Waals surface area contributed by atoms with Crippen LogP contribution in [0.15, 0.2) is 36.0 Å². The monoisotopic (exact) mass is 264 g/mol. The zero-order valence-corrected chi connectivity index (χ0v) is 11.6. The number of benzene rings is 1. The van der Waals surface area contributed by atoms with Crippen LogP contribution >= 0.6 is 0 Å². The molecule has 0 heterocycles. The second-order valence-electron chi connectivity index (χ2n) is 4.20. The number of hydrogen-bond acceptors (Lipinski definition) is 3. The Morgan fingerprint density at radius 3 is 3.00 bits per heavy atom. The minimum Gasteiger partial charge on any atom is -0.486 e. The fourth-order valence-corrected chi connectivity index (χ4v) is 1.48. The van der Waals surface area contributed by atoms with Gasteiger partial charge in [-0.25, -0.2) is 4.39 Å². The third kappa shape index (κ3) is 5.12. The van der Waals surface area contributed by atoms with E-state index in [-0.39, 0.29) is 18.2 Å². The van der Waals surface area contributed by atoms with Gasteiger partial charge in [-0.15, -0.1) is 0 Å². The lowest BCUT2D eigenvalue weighted by molar-refractivity contribution is 0.342. The van der Waals surface area contributed by atoms with Crippen LogP contribution in [0.3, 0.4) is 0 Å². The Balaban J connectivity index is 2.73. The van der Waals surface area contributed by atoms with Crippen LogP contribution in [0.4, 0.5) is 4.39 Å². The van der Waals surface area contributed by atoms with Crippen molar-refractivity contribution in [2.75, 3.05) is 13.2 Å². The van der Waals surface area contributed by atoms with Crippen molar-refractivity contribution in [3.63, 3.8) is 0 Å². The molecule has 0 fully saturated rings. The molecule has 0 aliphatic rings. The van der Waals surface area contributed by atoms with Gasteiger partial charge in [0.1, 0.15) is 6.61 Å². The summed E-state index contributed by atoms with van der Waals surface area (Å²) in [5.74, 6) is -0.155. The summed E-state index contributed by atoms with van der Waals surface area (Å²) in [6.45, 7) is 8.67. The van der Waals surface area contributed by atoms with E-state index < -0.39 is 0 Å². The van der Waals surface area contributed by atoms with Crippen molar-refractivity contribution in [2.24, 2.45) is 5.10 Å². The fourth-order valence-electron chi connectivity index (χ4n) is 1.48. The summed E-state index contributed by atoms with van der Waals surface area (Å²) in [6.07, 6.45) is 3.78. The van der Waals surface area contributed by atoms with E-state index in [1.807, 2.05) is 6.92 Å². The van der Waals surface area contributed by atoms with Gasteiger partial charge in [-0.2, -0.15) is 5.10 Å². The maximum Gasteiger partial charge on any atom is 0.165 e. The molecule has 4 heteroatoms. The van der Waals surface area contributed by atoms with Gasteiger partial charge in [0.05, 0.1) is 5.71 Å². The van der Waals surface area contributed by atoms with E-state index in [0.29, 0.717) is 0 Å². The van der Waals surface area contributed by atoms with Crippen molar-refractivity contribution in [3.8, 4) is 5.75 Å². The molecule has 0 atom stereocenters. The summed E-state index contributed by atoms with van der Waals surface area (Å²) in [7, 11) is 0. The summed E-state index contributed by atoms with van der Waals surface area (Å²) >= 11 is 0. The number of unbranched alkanes of at least 4 members (excludes halogenated alkanes) is 1. The van der Waals surface area contributed by atoms with Crippen LogP contribution in [-0.4, -0.2) is 18.9 Å². The molecule has 0 bridgehead atoms. The Hall–Kier alpha value is -1.84. The molecule has 1 aromatic rings. The Labute approximate surface area is 114 Å². The first-order chi connectivity index (χ1) is 9.19. The van der Waals surface area contributed by atoms with Gasteiger partial charge in [0.15, 0.2) is 11.6 Å². The summed E-state index contributed by atoms with van der Waals surface area (Å²) in [5, 5.41) is 4.25. The van der Waals surface area contributed by atoms with Crippen LogP contribution in [0.25, 0.3) is 0 Å². The van der Waals surface area contributed by atoms with Crippen molar-refractivity contribution < 1.29 is 9.13 Å². The van der Waals surface area contributed by atoms with E-state index in [9.17, 15) is 4.39 Å². The SMILES string of the molecule is C=CCOc1cc(/C(C)=N/NCCCC)ccc1F. The Morgan fingerprint density at radius 2 is 2.32 bits per heavy atom. The molecule has 1 N–H and O–H groups in total. The first kappa shape index (κ1) is 15.2. The van der Waals surface area contributed by atoms with Crippen LogP contribution in [-0.2, 0) is 0 Å². The molecule has 0 aromatic heterocycles. The van der Waals surface area contributed by atoms with Crippen LogP contribution in [0.5, 0.6) is 5.75 Å². The van der Waals surface area contributed by atoms with Gasteiger partial charge in [-0.1, -0.05) is 26.0 Å². The third-order valence-electron chi connectivity index (χ3n) is 2.59. The molecule has 0 radical (unpaired) electrons. The standard InChI is InChI=1S/C15H21FN2O/c1-4-6-9-17-18-12(3)13-7-8-14(16)15(11-13)19-10-5-2/h5,7-8,11,17H,2,4,6,9-10H2,1,3H3/b18-12+. The largest absolute Gasteiger partial charge is 0.486 e. The highest BCUT2D eigenvalue weighted by Gasteiger charge is 2.06. The highest BCUT2D eigenvalue weighted by molar-refractivity contribution is 5.98. The molecule has 0 spiro atoms. The van der Waals surface area contributed by atoms with Crippen LogP contribution < -0.4 is 10.2 Å². The van der Waals surface area contributed by atoms with E-state index in [4.69, 9.17) is 4.74 Å². The van der Waals surface area contributed by atoms with Crippen molar-refractivity contribution in [1.82, 2.24) is 5.43 Å². The molecule has 1 rings (SSSR count). The predicted octanol–water partition coefficient (Wildman–Crippen LogP) is 3.50. The van der Waals surface area contributed by atoms with Gasteiger partial charge >= 0.3 is 0 Å². The van der Waals surface area contributed by atoms with E-state index in [1.165, 1.54) is 6.07 Å². The normalized spacial score (nSPS) is 11.2. The lowest BCUT2D eigenvalue weighted by atomic mass is 10.1. The quantitative estimate of drug-likeness (QED) is 0.337. The van der Waals surface area contributed by atoms with Gasteiger partial charge in [0.25, 0.3) is 0 Å². The lowest BCUT2D eigenvalue weighted by Gasteiger charge is -2.08. The molecule has 19 heavy (non-hydrogen) atoms. The number of nitrogens with zero attached hydrogens (tertiary/aromatic N) is 1. The second-order valence-corrected chi connectivity index (χ2v) is 4.20. The zero-order chi connectivity index (χ0) is 14.1. The topological polar surface area (TPSA) is 33.6 Å². The average molecular weight is 264 g/mol. The maximum absolute atomic E-state index is 13.5. The average Bonchev–Trinajstić information content (AvgIpc) is 2.42. The lowest BCUT2D eigenvalue weighted by Crippen LogP contribution is -2.11. The van der Waals surface area contributed by atoms with Crippen LogP contribution in [0, 0.1) is 5.82 Å². The number of ether oxygens (including phenoxy) is 1. The van der Waals surface area contributed by atoms with Crippen LogP contribution in [0.2, 0.25) is 0 Å². The third-order valence-corrected chi connectivity index (χ3v) is 2.59. The van der Waals surface area contributed by atoms with Gasteiger partial charge in [-0.05, 0) is 31.5 Å². The smallest absolute Gasteiger partial charge is 0.165 e. The van der Waals surface area contributed by atoms with E-state index in [2.05, 4.69) is 24.0 Å². The number of hydrazone groups is 1. The van der Waals surface area contributed by atoms with Gasteiger partial charge in [0, 0.05) is 12.1 Å². The van der Waals surface area contributed by atoms with Crippen molar-refractivity contribution in [2.45, 2.75) is 26.7 Å². The molecular formula is C15H21FN2O. The van der Waals surface area contributed by atoms with Gasteiger partial charge < -0.3 is 10.2 Å². The summed E-state index contributed by atoms with van der Waals surface area (Å²) in [4.78, 5) is 0. The minimum atomic E-state index is -0.377. The number of hydrogen-bond donors (Lipinski definition) is 1. The number of rotatable bonds is 8. The molecule has 0 aliphatic heterocycles.